The molecule has 1 aliphatic rings. The number of thiazole rings is 1. The zero-order valence-electron chi connectivity index (χ0n) is 14.4. The molecule has 5 nitrogen and oxygen atoms in total. The molecule has 1 fully saturated rings. The number of hydrogen-bond donors (Lipinski definition) is 1. The third-order valence-electron chi connectivity index (χ3n) is 4.16. The molecule has 0 aromatic carbocycles. The van der Waals surface area contributed by atoms with E-state index in [1.165, 1.54) is 40.9 Å². The van der Waals surface area contributed by atoms with Gasteiger partial charge in [0.25, 0.3) is 0 Å². The number of amides is 2. The molecule has 0 radical (unpaired) electrons. The van der Waals surface area contributed by atoms with Gasteiger partial charge in [0.1, 0.15) is 0 Å². The second kappa shape index (κ2) is 9.21. The summed E-state index contributed by atoms with van der Waals surface area (Å²) < 4.78 is 0.711. The number of thioether (sulfide) groups is 1. The Kier molecular flexibility index (Phi) is 6.97. The molecule has 1 atom stereocenters. The quantitative estimate of drug-likeness (QED) is 0.728. The highest BCUT2D eigenvalue weighted by Crippen LogP contribution is 2.32. The van der Waals surface area contributed by atoms with Gasteiger partial charge in [0.05, 0.1) is 26.4 Å². The van der Waals surface area contributed by atoms with Gasteiger partial charge in [0, 0.05) is 18.0 Å². The van der Waals surface area contributed by atoms with Gasteiger partial charge in [0.2, 0.25) is 11.8 Å². The van der Waals surface area contributed by atoms with Gasteiger partial charge in [-0.25, -0.2) is 4.98 Å². The molecule has 2 aromatic rings. The summed E-state index contributed by atoms with van der Waals surface area (Å²) in [6.45, 7) is 2.93. The number of anilines is 1. The van der Waals surface area contributed by atoms with Crippen molar-refractivity contribution in [2.24, 2.45) is 0 Å². The molecule has 0 bridgehead atoms. The fourth-order valence-electron chi connectivity index (χ4n) is 2.83. The molecule has 140 valence electrons. The van der Waals surface area contributed by atoms with Crippen LogP contribution in [-0.4, -0.2) is 45.8 Å². The highest BCUT2D eigenvalue weighted by molar-refractivity contribution is 8.00. The molecular weight excluding hydrogens is 410 g/mol. The van der Waals surface area contributed by atoms with Crippen molar-refractivity contribution in [3.63, 3.8) is 0 Å². The number of nitrogens with zero attached hydrogens (tertiary/aromatic N) is 2. The number of likely N-dealkylation sites (tertiary alicyclic amines) is 1. The minimum atomic E-state index is -0.139. The fourth-order valence-corrected chi connectivity index (χ4v) is 5.34. The van der Waals surface area contributed by atoms with E-state index in [0.29, 0.717) is 21.3 Å². The molecule has 0 saturated carbocycles. The van der Waals surface area contributed by atoms with Crippen molar-refractivity contribution in [1.29, 1.82) is 0 Å². The first kappa shape index (κ1) is 19.7. The molecule has 2 amide bonds. The number of piperidine rings is 1. The summed E-state index contributed by atoms with van der Waals surface area (Å²) in [5.41, 5.74) is 0.809. The zero-order valence-corrected chi connectivity index (χ0v) is 17.6. The predicted molar refractivity (Wildman–Crippen MR) is 111 cm³/mol. The zero-order chi connectivity index (χ0) is 18.5. The number of carbonyl (C=O) groups is 2. The van der Waals surface area contributed by atoms with Crippen LogP contribution in [0.15, 0.2) is 17.5 Å². The van der Waals surface area contributed by atoms with E-state index in [1.807, 2.05) is 22.4 Å². The van der Waals surface area contributed by atoms with Crippen LogP contribution in [0.25, 0.3) is 10.6 Å². The van der Waals surface area contributed by atoms with Crippen molar-refractivity contribution < 1.29 is 9.59 Å². The van der Waals surface area contributed by atoms with E-state index < -0.39 is 0 Å². The fraction of sp³-hybridized carbons (Fsp3) is 0.471. The maximum absolute atomic E-state index is 12.3. The lowest BCUT2D eigenvalue weighted by Gasteiger charge is -2.33. The van der Waals surface area contributed by atoms with E-state index in [-0.39, 0.29) is 17.6 Å². The maximum atomic E-state index is 12.3. The number of thiophene rings is 1. The first-order valence-electron chi connectivity index (χ1n) is 8.41. The molecule has 0 unspecified atom stereocenters. The highest BCUT2D eigenvalue weighted by Gasteiger charge is 2.23. The van der Waals surface area contributed by atoms with Crippen molar-refractivity contribution in [3.05, 3.63) is 21.8 Å². The largest absolute Gasteiger partial charge is 0.339 e. The van der Waals surface area contributed by atoms with Crippen molar-refractivity contribution in [3.8, 4) is 10.6 Å². The molecule has 3 heterocycles. The average Bonchev–Trinajstić information content (AvgIpc) is 3.24. The molecule has 26 heavy (non-hydrogen) atoms. The standard InChI is InChI=1S/C17H20ClN3O2S3/c1-11-4-2-3-7-21(11)16(23)10-24-9-15(22)20-17-19-12(8-25-17)13-5-6-14(18)26-13/h5-6,8,11H,2-4,7,9-10H2,1H3,(H,19,20,22)/t11-/m1/s1. The summed E-state index contributed by atoms with van der Waals surface area (Å²) in [6.07, 6.45) is 3.33. The molecule has 1 aliphatic heterocycles. The number of rotatable bonds is 6. The van der Waals surface area contributed by atoms with Crippen LogP contribution in [0.4, 0.5) is 5.13 Å². The van der Waals surface area contributed by atoms with E-state index in [9.17, 15) is 9.59 Å². The van der Waals surface area contributed by atoms with Crippen LogP contribution >= 0.6 is 46.0 Å². The van der Waals surface area contributed by atoms with Crippen molar-refractivity contribution in [1.82, 2.24) is 9.88 Å². The van der Waals surface area contributed by atoms with Gasteiger partial charge < -0.3 is 10.2 Å². The van der Waals surface area contributed by atoms with Gasteiger partial charge in [-0.15, -0.1) is 34.4 Å². The number of hydrogen-bond acceptors (Lipinski definition) is 6. The molecule has 2 aromatic heterocycles. The third-order valence-corrected chi connectivity index (χ3v) is 7.09. The Balaban J connectivity index is 1.43. The summed E-state index contributed by atoms with van der Waals surface area (Å²) in [4.78, 5) is 31.7. The Morgan fingerprint density at radius 1 is 1.38 bits per heavy atom. The molecule has 1 N–H and O–H groups in total. The van der Waals surface area contributed by atoms with Gasteiger partial charge in [-0.3, -0.25) is 9.59 Å². The first-order chi connectivity index (χ1) is 12.5. The van der Waals surface area contributed by atoms with E-state index in [0.717, 1.165) is 30.0 Å². The van der Waals surface area contributed by atoms with Crippen molar-refractivity contribution in [2.45, 2.75) is 32.2 Å². The van der Waals surface area contributed by atoms with Crippen LogP contribution in [-0.2, 0) is 9.59 Å². The molecule has 3 rings (SSSR count). The Hall–Kier alpha value is -1.09. The van der Waals surface area contributed by atoms with Crippen LogP contribution in [0.2, 0.25) is 4.34 Å². The molecule has 0 aliphatic carbocycles. The second-order valence-corrected chi connectivity index (χ2v) is 9.67. The van der Waals surface area contributed by atoms with Gasteiger partial charge >= 0.3 is 0 Å². The second-order valence-electron chi connectivity index (χ2n) is 6.11. The summed E-state index contributed by atoms with van der Waals surface area (Å²) in [5.74, 6) is 0.572. The summed E-state index contributed by atoms with van der Waals surface area (Å²) in [7, 11) is 0. The van der Waals surface area contributed by atoms with Crippen LogP contribution in [0.3, 0.4) is 0 Å². The summed E-state index contributed by atoms with van der Waals surface area (Å²) in [6, 6.07) is 4.05. The van der Waals surface area contributed by atoms with Crippen molar-refractivity contribution >= 4 is 63.0 Å². The summed E-state index contributed by atoms with van der Waals surface area (Å²) in [5, 5.41) is 5.25. The maximum Gasteiger partial charge on any atom is 0.236 e. The first-order valence-corrected chi connectivity index (χ1v) is 11.6. The van der Waals surface area contributed by atoms with Crippen molar-refractivity contribution in [2.75, 3.05) is 23.4 Å². The Morgan fingerprint density at radius 3 is 2.96 bits per heavy atom. The molecule has 1 saturated heterocycles. The lowest BCUT2D eigenvalue weighted by Crippen LogP contribution is -2.43. The van der Waals surface area contributed by atoms with Crippen LogP contribution < -0.4 is 5.32 Å². The lowest BCUT2D eigenvalue weighted by atomic mass is 10.0. The lowest BCUT2D eigenvalue weighted by molar-refractivity contribution is -0.131. The third kappa shape index (κ3) is 5.22. The van der Waals surface area contributed by atoms with Gasteiger partial charge in [0.15, 0.2) is 5.13 Å². The van der Waals surface area contributed by atoms with Crippen LogP contribution in [0.5, 0.6) is 0 Å². The van der Waals surface area contributed by atoms with Gasteiger partial charge in [-0.1, -0.05) is 11.6 Å². The van der Waals surface area contributed by atoms with E-state index in [1.54, 1.807) is 0 Å². The average molecular weight is 430 g/mol. The predicted octanol–water partition coefficient (Wildman–Crippen LogP) is 4.60. The van der Waals surface area contributed by atoms with Crippen LogP contribution in [0.1, 0.15) is 26.2 Å². The Labute approximate surface area is 170 Å². The van der Waals surface area contributed by atoms with E-state index in [4.69, 9.17) is 11.6 Å². The topological polar surface area (TPSA) is 62.3 Å². The number of nitrogens with one attached hydrogen (secondary N) is 1. The number of carbonyl (C=O) groups excluding carboxylic acids is 2. The molecule has 0 spiro atoms. The van der Waals surface area contributed by atoms with Crippen LogP contribution in [0, 0.1) is 0 Å². The smallest absolute Gasteiger partial charge is 0.236 e. The number of aromatic nitrogens is 1. The SMILES string of the molecule is C[C@@H]1CCCCN1C(=O)CSCC(=O)Nc1nc(-c2ccc(Cl)s2)cs1. The number of halogens is 1. The molecule has 9 heteroatoms. The Bertz CT molecular complexity index is 777. The summed E-state index contributed by atoms with van der Waals surface area (Å²) >= 11 is 10.1. The van der Waals surface area contributed by atoms with Gasteiger partial charge in [-0.05, 0) is 38.3 Å². The van der Waals surface area contributed by atoms with E-state index >= 15 is 0 Å². The molecular formula is C17H20ClN3O2S3. The van der Waals surface area contributed by atoms with Gasteiger partial charge in [-0.2, -0.15) is 0 Å². The van der Waals surface area contributed by atoms with E-state index in [2.05, 4.69) is 17.2 Å². The highest BCUT2D eigenvalue weighted by atomic mass is 35.5. The minimum absolute atomic E-state index is 0.126. The normalized spacial score (nSPS) is 17.3. The Morgan fingerprint density at radius 2 is 2.23 bits per heavy atom. The monoisotopic (exact) mass is 429 g/mol. The minimum Gasteiger partial charge on any atom is -0.339 e.